The van der Waals surface area contributed by atoms with E-state index < -0.39 is 0 Å². The Hall–Kier alpha value is -2.23. The smallest absolute Gasteiger partial charge is 0.153 e. The first kappa shape index (κ1) is 11.3. The predicted molar refractivity (Wildman–Crippen MR) is 63.9 cm³/mol. The molecule has 2 rings (SSSR count). The minimum Gasteiger partial charge on any atom is -0.497 e. The maximum absolute atomic E-state index is 13.0. The molecule has 3 nitrogen and oxygen atoms in total. The fraction of sp³-hybridized carbons (Fsp3) is 0.0769. The lowest BCUT2D eigenvalue weighted by Gasteiger charge is -2.08. The normalized spacial score (nSPS) is 10.0. The molecule has 0 bridgehead atoms. The Bertz CT molecular complexity index is 511. The number of hydrogen-bond acceptors (Lipinski definition) is 3. The highest BCUT2D eigenvalue weighted by Crippen LogP contribution is 2.28. The second-order valence-electron chi connectivity index (χ2n) is 3.46. The number of benzene rings is 2. The van der Waals surface area contributed by atoms with Crippen molar-refractivity contribution in [2.75, 3.05) is 12.8 Å². The molecular weight excluding hydrogens is 221 g/mol. The summed E-state index contributed by atoms with van der Waals surface area (Å²) < 4.78 is 23.5. The highest BCUT2D eigenvalue weighted by Gasteiger charge is 2.04. The molecule has 0 aliphatic rings. The number of nitrogens with two attached hydrogens (primary N) is 1. The van der Waals surface area contributed by atoms with E-state index in [1.165, 1.54) is 18.2 Å². The highest BCUT2D eigenvalue weighted by molar-refractivity contribution is 5.54. The maximum Gasteiger partial charge on any atom is 0.153 e. The third-order valence-electron chi connectivity index (χ3n) is 2.26. The minimum absolute atomic E-state index is 0.301. The zero-order chi connectivity index (χ0) is 12.3. The van der Waals surface area contributed by atoms with Crippen LogP contribution in [0, 0.1) is 5.82 Å². The average Bonchev–Trinajstić information content (AvgIpc) is 2.35. The summed E-state index contributed by atoms with van der Waals surface area (Å²) in [7, 11) is 1.58. The van der Waals surface area contributed by atoms with Gasteiger partial charge in [0.25, 0.3) is 0 Å². The maximum atomic E-state index is 13.0. The van der Waals surface area contributed by atoms with E-state index in [9.17, 15) is 4.39 Å². The number of halogens is 1. The van der Waals surface area contributed by atoms with Crippen LogP contribution in [0.1, 0.15) is 0 Å². The van der Waals surface area contributed by atoms with Gasteiger partial charge in [-0.25, -0.2) is 4.39 Å². The summed E-state index contributed by atoms with van der Waals surface area (Å²) in [6.07, 6.45) is 0. The van der Waals surface area contributed by atoms with Crippen LogP contribution in [-0.4, -0.2) is 7.11 Å². The number of nitrogen functional groups attached to an aromatic ring is 1. The molecule has 88 valence electrons. The van der Waals surface area contributed by atoms with Crippen LogP contribution in [0.5, 0.6) is 17.2 Å². The number of methoxy groups -OCH3 is 1. The first-order valence-electron chi connectivity index (χ1n) is 5.06. The van der Waals surface area contributed by atoms with Gasteiger partial charge in [0, 0.05) is 6.07 Å². The van der Waals surface area contributed by atoms with Crippen LogP contribution < -0.4 is 15.2 Å². The lowest BCUT2D eigenvalue weighted by Crippen LogP contribution is -1.93. The molecule has 0 saturated carbocycles. The first-order chi connectivity index (χ1) is 8.19. The van der Waals surface area contributed by atoms with Gasteiger partial charge in [-0.3, -0.25) is 0 Å². The molecule has 17 heavy (non-hydrogen) atoms. The van der Waals surface area contributed by atoms with Gasteiger partial charge in [0.2, 0.25) is 0 Å². The second-order valence-corrected chi connectivity index (χ2v) is 3.46. The summed E-state index contributed by atoms with van der Waals surface area (Å²) in [6.45, 7) is 0. The molecule has 0 heterocycles. The lowest BCUT2D eigenvalue weighted by molar-refractivity contribution is 0.413. The number of anilines is 1. The van der Waals surface area contributed by atoms with Gasteiger partial charge in [-0.05, 0) is 36.4 Å². The van der Waals surface area contributed by atoms with Crippen molar-refractivity contribution in [1.29, 1.82) is 0 Å². The third kappa shape index (κ3) is 2.66. The van der Waals surface area contributed by atoms with Gasteiger partial charge in [-0.15, -0.1) is 0 Å². The molecular formula is C13H12FNO2. The van der Waals surface area contributed by atoms with Crippen molar-refractivity contribution in [3.8, 4) is 17.2 Å². The van der Waals surface area contributed by atoms with E-state index in [0.29, 0.717) is 17.2 Å². The summed E-state index contributed by atoms with van der Waals surface area (Å²) in [5.41, 5.74) is 6.07. The van der Waals surface area contributed by atoms with E-state index in [1.54, 1.807) is 31.4 Å². The molecule has 2 N–H and O–H groups in total. The minimum atomic E-state index is -0.386. The van der Waals surface area contributed by atoms with E-state index in [1.807, 2.05) is 0 Å². The number of hydrogen-bond donors (Lipinski definition) is 1. The van der Waals surface area contributed by atoms with Crippen LogP contribution in [0.25, 0.3) is 0 Å². The molecule has 0 aliphatic carbocycles. The van der Waals surface area contributed by atoms with Gasteiger partial charge in [0.1, 0.15) is 17.3 Å². The molecule has 0 saturated heterocycles. The molecule has 2 aromatic rings. The topological polar surface area (TPSA) is 44.5 Å². The highest BCUT2D eigenvalue weighted by atomic mass is 19.1. The van der Waals surface area contributed by atoms with Crippen LogP contribution >= 0.6 is 0 Å². The molecule has 4 heteroatoms. The number of rotatable bonds is 3. The standard InChI is InChI=1S/C13H12FNO2/c1-16-10-3-5-11(6-4-10)17-13-8-9(14)2-7-12(13)15/h2-8H,15H2,1H3. The Morgan fingerprint density at radius 2 is 1.65 bits per heavy atom. The molecule has 2 aromatic carbocycles. The van der Waals surface area contributed by atoms with Gasteiger partial charge < -0.3 is 15.2 Å². The van der Waals surface area contributed by atoms with Crippen molar-refractivity contribution in [1.82, 2.24) is 0 Å². The molecule has 0 fully saturated rings. The fourth-order valence-electron chi connectivity index (χ4n) is 1.37. The first-order valence-corrected chi connectivity index (χ1v) is 5.06. The zero-order valence-electron chi connectivity index (χ0n) is 9.31. The van der Waals surface area contributed by atoms with E-state index in [-0.39, 0.29) is 5.82 Å². The molecule has 0 unspecified atom stereocenters. The quantitative estimate of drug-likeness (QED) is 0.828. The van der Waals surface area contributed by atoms with Gasteiger partial charge >= 0.3 is 0 Å². The van der Waals surface area contributed by atoms with Crippen LogP contribution in [0.15, 0.2) is 42.5 Å². The summed E-state index contributed by atoms with van der Waals surface area (Å²) in [5, 5.41) is 0. The van der Waals surface area contributed by atoms with E-state index >= 15 is 0 Å². The van der Waals surface area contributed by atoms with Crippen LogP contribution in [0.4, 0.5) is 10.1 Å². The van der Waals surface area contributed by atoms with Crippen molar-refractivity contribution in [2.24, 2.45) is 0 Å². The Labute approximate surface area is 98.6 Å². The van der Waals surface area contributed by atoms with Crippen LogP contribution in [0.3, 0.4) is 0 Å². The summed E-state index contributed by atoms with van der Waals surface area (Å²) in [6, 6.07) is 11.0. The van der Waals surface area contributed by atoms with E-state index in [2.05, 4.69) is 0 Å². The Morgan fingerprint density at radius 3 is 2.29 bits per heavy atom. The molecule has 0 atom stereocenters. The third-order valence-corrected chi connectivity index (χ3v) is 2.26. The molecule has 0 aromatic heterocycles. The van der Waals surface area contributed by atoms with Crippen molar-refractivity contribution in [2.45, 2.75) is 0 Å². The molecule has 0 spiro atoms. The number of ether oxygens (including phenoxy) is 2. The zero-order valence-corrected chi connectivity index (χ0v) is 9.31. The summed E-state index contributed by atoms with van der Waals surface area (Å²) >= 11 is 0. The Kier molecular flexibility index (Phi) is 3.14. The molecule has 0 amide bonds. The second kappa shape index (κ2) is 4.74. The monoisotopic (exact) mass is 233 g/mol. The molecule has 0 aliphatic heterocycles. The lowest BCUT2D eigenvalue weighted by atomic mass is 10.3. The largest absolute Gasteiger partial charge is 0.497 e. The summed E-state index contributed by atoms with van der Waals surface area (Å²) in [4.78, 5) is 0. The van der Waals surface area contributed by atoms with E-state index in [0.717, 1.165) is 5.75 Å². The van der Waals surface area contributed by atoms with Crippen molar-refractivity contribution in [3.05, 3.63) is 48.3 Å². The Balaban J connectivity index is 2.22. The average molecular weight is 233 g/mol. The van der Waals surface area contributed by atoms with Gasteiger partial charge in [-0.2, -0.15) is 0 Å². The predicted octanol–water partition coefficient (Wildman–Crippen LogP) is 3.21. The summed E-state index contributed by atoms with van der Waals surface area (Å²) in [5.74, 6) is 1.21. The molecule has 0 radical (unpaired) electrons. The van der Waals surface area contributed by atoms with Gasteiger partial charge in [0.05, 0.1) is 12.8 Å². The van der Waals surface area contributed by atoms with Crippen molar-refractivity contribution in [3.63, 3.8) is 0 Å². The van der Waals surface area contributed by atoms with Crippen LogP contribution in [0.2, 0.25) is 0 Å². The SMILES string of the molecule is COc1ccc(Oc2cc(F)ccc2N)cc1. The fourth-order valence-corrected chi connectivity index (χ4v) is 1.37. The van der Waals surface area contributed by atoms with Crippen molar-refractivity contribution >= 4 is 5.69 Å². The van der Waals surface area contributed by atoms with Gasteiger partial charge in [-0.1, -0.05) is 0 Å². The Morgan fingerprint density at radius 1 is 1.00 bits per heavy atom. The van der Waals surface area contributed by atoms with E-state index in [4.69, 9.17) is 15.2 Å². The van der Waals surface area contributed by atoms with Gasteiger partial charge in [0.15, 0.2) is 5.75 Å². The van der Waals surface area contributed by atoms with Crippen molar-refractivity contribution < 1.29 is 13.9 Å². The van der Waals surface area contributed by atoms with Crippen LogP contribution in [-0.2, 0) is 0 Å².